The Balaban J connectivity index is 2.08. The van der Waals surface area contributed by atoms with Gasteiger partial charge in [0, 0.05) is 19.7 Å². The van der Waals surface area contributed by atoms with E-state index in [1.165, 1.54) is 11.6 Å². The first-order valence-corrected chi connectivity index (χ1v) is 7.01. The van der Waals surface area contributed by atoms with Crippen LogP contribution in [-0.4, -0.2) is 22.8 Å². The number of benzene rings is 1. The number of amides is 1. The van der Waals surface area contributed by atoms with Crippen molar-refractivity contribution >= 4 is 5.91 Å². The molecule has 0 aliphatic rings. The van der Waals surface area contributed by atoms with E-state index in [-0.39, 0.29) is 11.5 Å². The Morgan fingerprint density at radius 2 is 1.81 bits per heavy atom. The predicted molar refractivity (Wildman–Crippen MR) is 83.4 cm³/mol. The average molecular weight is 284 g/mol. The number of H-pyrrole nitrogens is 1. The van der Waals surface area contributed by atoms with E-state index >= 15 is 0 Å². The van der Waals surface area contributed by atoms with Gasteiger partial charge in [-0.2, -0.15) is 0 Å². The molecule has 1 amide bonds. The molecule has 0 spiro atoms. The molecule has 0 radical (unpaired) electrons. The third kappa shape index (κ3) is 3.81. The number of nitrogens with zero attached hydrogens (tertiary/aromatic N) is 1. The van der Waals surface area contributed by atoms with Crippen LogP contribution in [0.2, 0.25) is 0 Å². The van der Waals surface area contributed by atoms with Crippen molar-refractivity contribution in [1.29, 1.82) is 0 Å². The minimum Gasteiger partial charge on any atom is -0.336 e. The quantitative estimate of drug-likeness (QED) is 0.938. The van der Waals surface area contributed by atoms with Crippen molar-refractivity contribution in [3.8, 4) is 0 Å². The molecule has 0 bridgehead atoms. The van der Waals surface area contributed by atoms with E-state index in [9.17, 15) is 9.59 Å². The molecule has 1 aromatic carbocycles. The highest BCUT2D eigenvalue weighted by molar-refractivity contribution is 5.91. The first kappa shape index (κ1) is 15.0. The van der Waals surface area contributed by atoms with Crippen LogP contribution in [0.3, 0.4) is 0 Å². The molecule has 0 fully saturated rings. The Kier molecular flexibility index (Phi) is 4.58. The zero-order valence-electron chi connectivity index (χ0n) is 12.6. The second-order valence-electron chi connectivity index (χ2n) is 5.49. The molecule has 1 heterocycles. The van der Waals surface area contributed by atoms with Crippen LogP contribution in [0.15, 0.2) is 47.3 Å². The van der Waals surface area contributed by atoms with Gasteiger partial charge in [0.15, 0.2) is 0 Å². The Labute approximate surface area is 124 Å². The van der Waals surface area contributed by atoms with Crippen LogP contribution in [0.25, 0.3) is 0 Å². The normalized spacial score (nSPS) is 10.7. The van der Waals surface area contributed by atoms with Gasteiger partial charge in [0.25, 0.3) is 5.91 Å². The lowest BCUT2D eigenvalue weighted by molar-refractivity contribution is 0.0779. The number of hydrogen-bond donors (Lipinski definition) is 1. The molecular formula is C17H20N2O2. The molecule has 21 heavy (non-hydrogen) atoms. The maximum Gasteiger partial charge on any atom is 0.270 e. The van der Waals surface area contributed by atoms with Gasteiger partial charge < -0.3 is 9.88 Å². The van der Waals surface area contributed by atoms with Gasteiger partial charge in [-0.25, -0.2) is 0 Å². The summed E-state index contributed by atoms with van der Waals surface area (Å²) < 4.78 is 0. The largest absolute Gasteiger partial charge is 0.336 e. The lowest BCUT2D eigenvalue weighted by atomic mass is 10.0. The molecular weight excluding hydrogens is 264 g/mol. The Morgan fingerprint density at radius 3 is 2.38 bits per heavy atom. The highest BCUT2D eigenvalue weighted by Gasteiger charge is 2.12. The Bertz CT molecular complexity index is 672. The third-order valence-corrected chi connectivity index (χ3v) is 3.41. The van der Waals surface area contributed by atoms with Crippen molar-refractivity contribution in [2.45, 2.75) is 26.3 Å². The zero-order chi connectivity index (χ0) is 15.4. The first-order chi connectivity index (χ1) is 9.97. The lowest BCUT2D eigenvalue weighted by Gasteiger charge is -2.17. The number of rotatable bonds is 4. The third-order valence-electron chi connectivity index (χ3n) is 3.41. The van der Waals surface area contributed by atoms with Crippen molar-refractivity contribution in [2.75, 3.05) is 7.05 Å². The molecule has 0 atom stereocenters. The van der Waals surface area contributed by atoms with E-state index in [0.29, 0.717) is 18.2 Å². The van der Waals surface area contributed by atoms with Gasteiger partial charge in [-0.1, -0.05) is 44.2 Å². The molecule has 4 heteroatoms. The van der Waals surface area contributed by atoms with Crippen LogP contribution >= 0.6 is 0 Å². The summed E-state index contributed by atoms with van der Waals surface area (Å²) in [6.07, 6.45) is 0. The molecule has 1 N–H and O–H groups in total. The SMILES string of the molecule is CC(C)c1ccc(CN(C)C(=O)c2cccc(=O)[nH]2)cc1. The molecule has 4 nitrogen and oxygen atoms in total. The maximum atomic E-state index is 12.2. The van der Waals surface area contributed by atoms with E-state index in [2.05, 4.69) is 31.0 Å². The molecule has 0 aliphatic heterocycles. The molecule has 0 saturated heterocycles. The fourth-order valence-corrected chi connectivity index (χ4v) is 2.13. The van der Waals surface area contributed by atoms with Gasteiger partial charge in [0.05, 0.1) is 0 Å². The summed E-state index contributed by atoms with van der Waals surface area (Å²) in [6.45, 7) is 4.81. The molecule has 110 valence electrons. The Hall–Kier alpha value is -2.36. The molecule has 0 aliphatic carbocycles. The monoisotopic (exact) mass is 284 g/mol. The van der Waals surface area contributed by atoms with E-state index in [1.807, 2.05) is 12.1 Å². The number of aromatic nitrogens is 1. The standard InChI is InChI=1S/C17H20N2O2/c1-12(2)14-9-7-13(8-10-14)11-19(3)17(21)15-5-4-6-16(20)18-15/h4-10,12H,11H2,1-3H3,(H,18,20). The minimum absolute atomic E-state index is 0.194. The van der Waals surface area contributed by atoms with Crippen LogP contribution in [-0.2, 0) is 6.54 Å². The fraction of sp³-hybridized carbons (Fsp3) is 0.294. The number of aromatic amines is 1. The minimum atomic E-state index is -0.268. The average Bonchev–Trinajstić information content (AvgIpc) is 2.47. The molecule has 0 unspecified atom stereocenters. The smallest absolute Gasteiger partial charge is 0.270 e. The van der Waals surface area contributed by atoms with Crippen LogP contribution in [0.4, 0.5) is 0 Å². The number of carbonyl (C=O) groups excluding carboxylic acids is 1. The molecule has 2 aromatic rings. The highest BCUT2D eigenvalue weighted by Crippen LogP contribution is 2.15. The second kappa shape index (κ2) is 6.39. The zero-order valence-corrected chi connectivity index (χ0v) is 12.6. The summed E-state index contributed by atoms with van der Waals surface area (Å²) in [5.41, 5.74) is 2.38. The van der Waals surface area contributed by atoms with Gasteiger partial charge in [0.2, 0.25) is 5.56 Å². The number of hydrogen-bond acceptors (Lipinski definition) is 2. The van der Waals surface area contributed by atoms with E-state index in [1.54, 1.807) is 24.1 Å². The summed E-state index contributed by atoms with van der Waals surface area (Å²) >= 11 is 0. The number of nitrogens with one attached hydrogen (secondary N) is 1. The Morgan fingerprint density at radius 1 is 1.14 bits per heavy atom. The summed E-state index contributed by atoms with van der Waals surface area (Å²) in [5.74, 6) is 0.299. The first-order valence-electron chi connectivity index (χ1n) is 7.01. The van der Waals surface area contributed by atoms with Crippen molar-refractivity contribution in [3.63, 3.8) is 0 Å². The highest BCUT2D eigenvalue weighted by atomic mass is 16.2. The summed E-state index contributed by atoms with van der Waals surface area (Å²) in [4.78, 5) is 27.6. The predicted octanol–water partition coefficient (Wildman–Crippen LogP) is 2.77. The summed E-state index contributed by atoms with van der Waals surface area (Å²) in [5, 5.41) is 0. The second-order valence-corrected chi connectivity index (χ2v) is 5.49. The number of pyridine rings is 1. The molecule has 2 rings (SSSR count). The van der Waals surface area contributed by atoms with Crippen LogP contribution in [0.5, 0.6) is 0 Å². The van der Waals surface area contributed by atoms with Gasteiger partial charge in [-0.15, -0.1) is 0 Å². The number of carbonyl (C=O) groups is 1. The van der Waals surface area contributed by atoms with Crippen molar-refractivity contribution in [1.82, 2.24) is 9.88 Å². The summed E-state index contributed by atoms with van der Waals surface area (Å²) in [7, 11) is 1.73. The van der Waals surface area contributed by atoms with Gasteiger partial charge >= 0.3 is 0 Å². The molecule has 0 saturated carbocycles. The van der Waals surface area contributed by atoms with Crippen LogP contribution < -0.4 is 5.56 Å². The fourth-order valence-electron chi connectivity index (χ4n) is 2.13. The van der Waals surface area contributed by atoms with Crippen molar-refractivity contribution < 1.29 is 4.79 Å². The lowest BCUT2D eigenvalue weighted by Crippen LogP contribution is -2.28. The van der Waals surface area contributed by atoms with E-state index < -0.39 is 0 Å². The van der Waals surface area contributed by atoms with E-state index in [0.717, 1.165) is 5.56 Å². The van der Waals surface area contributed by atoms with Crippen LogP contribution in [0, 0.1) is 0 Å². The van der Waals surface area contributed by atoms with Crippen molar-refractivity contribution in [3.05, 3.63) is 69.6 Å². The molecule has 1 aromatic heterocycles. The van der Waals surface area contributed by atoms with Gasteiger partial charge in [-0.3, -0.25) is 9.59 Å². The summed E-state index contributed by atoms with van der Waals surface area (Å²) in [6, 6.07) is 12.8. The van der Waals surface area contributed by atoms with Gasteiger partial charge in [0.1, 0.15) is 5.69 Å². The van der Waals surface area contributed by atoms with E-state index in [4.69, 9.17) is 0 Å². The van der Waals surface area contributed by atoms with Crippen molar-refractivity contribution in [2.24, 2.45) is 0 Å². The topological polar surface area (TPSA) is 53.2 Å². The van der Waals surface area contributed by atoms with Crippen LogP contribution in [0.1, 0.15) is 41.4 Å². The van der Waals surface area contributed by atoms with Gasteiger partial charge in [-0.05, 0) is 23.1 Å². The maximum absolute atomic E-state index is 12.2.